The minimum absolute atomic E-state index is 0.0354. The van der Waals surface area contributed by atoms with Crippen LogP contribution in [0, 0.1) is 0 Å². The Labute approximate surface area is 100 Å². The second-order valence-electron chi connectivity index (χ2n) is 3.31. The van der Waals surface area contributed by atoms with E-state index in [1.54, 1.807) is 23.9 Å². The number of hydrogen-bond donors (Lipinski definition) is 2. The predicted molar refractivity (Wildman–Crippen MR) is 69.0 cm³/mol. The Kier molecular flexibility index (Phi) is 5.05. The maximum atomic E-state index is 11.7. The number of carbonyl (C=O) groups excluding carboxylic acids is 1. The summed E-state index contributed by atoms with van der Waals surface area (Å²) in [4.78, 5) is 12.5. The van der Waals surface area contributed by atoms with E-state index in [4.69, 9.17) is 0 Å². The lowest BCUT2D eigenvalue weighted by Crippen LogP contribution is -2.29. The van der Waals surface area contributed by atoms with E-state index < -0.39 is 0 Å². The summed E-state index contributed by atoms with van der Waals surface area (Å²) < 4.78 is 0. The van der Waals surface area contributed by atoms with Crippen molar-refractivity contribution >= 4 is 30.3 Å². The van der Waals surface area contributed by atoms with Crippen LogP contribution in [0.2, 0.25) is 0 Å². The van der Waals surface area contributed by atoms with Gasteiger partial charge >= 0.3 is 0 Å². The quantitative estimate of drug-likeness (QED) is 0.793. The second kappa shape index (κ2) is 6.08. The van der Waals surface area contributed by atoms with Crippen molar-refractivity contribution < 1.29 is 4.79 Å². The zero-order valence-electron chi connectivity index (χ0n) is 8.86. The highest BCUT2D eigenvalue weighted by atomic mass is 32.2. The van der Waals surface area contributed by atoms with E-state index >= 15 is 0 Å². The first-order valence-corrected chi connectivity index (χ1v) is 6.47. The standard InChI is InChI=1S/C11H15NOS2/c1-8(15-2)7-12-11(13)9-4-3-5-10(14)6-9/h3-6,8,14H,7H2,1-2H3,(H,12,13). The van der Waals surface area contributed by atoms with Gasteiger partial charge in [0.25, 0.3) is 5.91 Å². The third-order valence-electron chi connectivity index (χ3n) is 2.06. The van der Waals surface area contributed by atoms with Crippen molar-refractivity contribution in [3.8, 4) is 0 Å². The maximum absolute atomic E-state index is 11.7. The molecule has 0 spiro atoms. The van der Waals surface area contributed by atoms with Gasteiger partial charge in [-0.15, -0.1) is 12.6 Å². The number of thiol groups is 1. The van der Waals surface area contributed by atoms with Gasteiger partial charge in [0.2, 0.25) is 0 Å². The lowest BCUT2D eigenvalue weighted by molar-refractivity contribution is 0.0954. The van der Waals surface area contributed by atoms with E-state index in [9.17, 15) is 4.79 Å². The lowest BCUT2D eigenvalue weighted by Gasteiger charge is -2.09. The van der Waals surface area contributed by atoms with E-state index in [0.29, 0.717) is 17.4 Å². The number of hydrogen-bond acceptors (Lipinski definition) is 3. The van der Waals surface area contributed by atoms with Gasteiger partial charge in [-0.25, -0.2) is 0 Å². The highest BCUT2D eigenvalue weighted by Gasteiger charge is 2.06. The summed E-state index contributed by atoms with van der Waals surface area (Å²) >= 11 is 5.93. The Morgan fingerprint density at radius 1 is 1.60 bits per heavy atom. The molecule has 0 aliphatic carbocycles. The van der Waals surface area contributed by atoms with Crippen LogP contribution in [0.5, 0.6) is 0 Å². The molecule has 1 N–H and O–H groups in total. The fraction of sp³-hybridized carbons (Fsp3) is 0.364. The Bertz CT molecular complexity index is 341. The molecule has 1 rings (SSSR count). The number of carbonyl (C=O) groups is 1. The highest BCUT2D eigenvalue weighted by Crippen LogP contribution is 2.09. The second-order valence-corrected chi connectivity index (χ2v) is 5.10. The summed E-state index contributed by atoms with van der Waals surface area (Å²) in [5.74, 6) is -0.0354. The number of benzene rings is 1. The van der Waals surface area contributed by atoms with E-state index in [0.717, 1.165) is 4.90 Å². The molecular weight excluding hydrogens is 226 g/mol. The molecule has 1 aromatic carbocycles. The molecule has 0 saturated carbocycles. The molecule has 4 heteroatoms. The zero-order valence-corrected chi connectivity index (χ0v) is 10.6. The van der Waals surface area contributed by atoms with Gasteiger partial charge in [-0.2, -0.15) is 11.8 Å². The molecule has 15 heavy (non-hydrogen) atoms. The Morgan fingerprint density at radius 3 is 2.93 bits per heavy atom. The van der Waals surface area contributed by atoms with E-state index in [2.05, 4.69) is 24.9 Å². The van der Waals surface area contributed by atoms with Crippen molar-refractivity contribution in [1.82, 2.24) is 5.32 Å². The van der Waals surface area contributed by atoms with Crippen LogP contribution in [-0.4, -0.2) is 24.0 Å². The highest BCUT2D eigenvalue weighted by molar-refractivity contribution is 7.99. The molecule has 1 atom stereocenters. The van der Waals surface area contributed by atoms with Crippen LogP contribution < -0.4 is 5.32 Å². The monoisotopic (exact) mass is 241 g/mol. The van der Waals surface area contributed by atoms with Crippen LogP contribution in [-0.2, 0) is 0 Å². The van der Waals surface area contributed by atoms with Gasteiger partial charge in [-0.05, 0) is 24.5 Å². The molecule has 0 radical (unpaired) electrons. The van der Waals surface area contributed by atoms with Crippen molar-refractivity contribution in [2.24, 2.45) is 0 Å². The van der Waals surface area contributed by atoms with E-state index in [1.165, 1.54) is 0 Å². The van der Waals surface area contributed by atoms with Crippen molar-refractivity contribution in [3.05, 3.63) is 29.8 Å². The maximum Gasteiger partial charge on any atom is 0.251 e. The van der Waals surface area contributed by atoms with Crippen molar-refractivity contribution in [2.75, 3.05) is 12.8 Å². The average molecular weight is 241 g/mol. The van der Waals surface area contributed by atoms with Gasteiger partial charge < -0.3 is 5.32 Å². The first-order chi connectivity index (χ1) is 7.13. The van der Waals surface area contributed by atoms with Gasteiger partial charge in [0.15, 0.2) is 0 Å². The molecule has 0 aliphatic rings. The Balaban J connectivity index is 2.54. The minimum atomic E-state index is -0.0354. The minimum Gasteiger partial charge on any atom is -0.351 e. The normalized spacial score (nSPS) is 12.2. The van der Waals surface area contributed by atoms with Crippen LogP contribution in [0.4, 0.5) is 0 Å². The van der Waals surface area contributed by atoms with Crippen molar-refractivity contribution in [1.29, 1.82) is 0 Å². The molecule has 2 nitrogen and oxygen atoms in total. The molecule has 0 aromatic heterocycles. The van der Waals surface area contributed by atoms with Crippen LogP contribution in [0.15, 0.2) is 29.2 Å². The smallest absolute Gasteiger partial charge is 0.251 e. The van der Waals surface area contributed by atoms with Gasteiger partial charge in [0, 0.05) is 22.3 Å². The van der Waals surface area contributed by atoms with Crippen LogP contribution in [0.1, 0.15) is 17.3 Å². The topological polar surface area (TPSA) is 29.1 Å². The van der Waals surface area contributed by atoms with Gasteiger partial charge in [-0.3, -0.25) is 4.79 Å². The summed E-state index contributed by atoms with van der Waals surface area (Å²) in [6, 6.07) is 7.24. The first-order valence-electron chi connectivity index (χ1n) is 4.73. The first kappa shape index (κ1) is 12.5. The number of thioether (sulfide) groups is 1. The Morgan fingerprint density at radius 2 is 2.33 bits per heavy atom. The molecule has 0 heterocycles. The lowest BCUT2D eigenvalue weighted by atomic mass is 10.2. The Hall–Kier alpha value is -0.610. The van der Waals surface area contributed by atoms with Crippen LogP contribution in [0.3, 0.4) is 0 Å². The summed E-state index contributed by atoms with van der Waals surface area (Å²) in [6.07, 6.45) is 2.03. The predicted octanol–water partition coefficient (Wildman–Crippen LogP) is 2.46. The molecular formula is C11H15NOS2. The third kappa shape index (κ3) is 4.18. The number of nitrogens with one attached hydrogen (secondary N) is 1. The number of rotatable bonds is 4. The summed E-state index contributed by atoms with van der Waals surface area (Å²) in [6.45, 7) is 2.77. The van der Waals surface area contributed by atoms with Gasteiger partial charge in [-0.1, -0.05) is 13.0 Å². The SMILES string of the molecule is CSC(C)CNC(=O)c1cccc(S)c1. The molecule has 0 saturated heterocycles. The molecule has 82 valence electrons. The summed E-state index contributed by atoms with van der Waals surface area (Å²) in [5.41, 5.74) is 0.663. The van der Waals surface area contributed by atoms with Gasteiger partial charge in [0.1, 0.15) is 0 Å². The van der Waals surface area contributed by atoms with Crippen LogP contribution >= 0.6 is 24.4 Å². The van der Waals surface area contributed by atoms with E-state index in [1.807, 2.05) is 18.4 Å². The summed E-state index contributed by atoms with van der Waals surface area (Å²) in [7, 11) is 0. The number of amides is 1. The molecule has 0 fully saturated rings. The molecule has 1 unspecified atom stereocenters. The molecule has 0 bridgehead atoms. The zero-order chi connectivity index (χ0) is 11.3. The third-order valence-corrected chi connectivity index (χ3v) is 3.31. The fourth-order valence-electron chi connectivity index (χ4n) is 1.07. The van der Waals surface area contributed by atoms with Gasteiger partial charge in [0.05, 0.1) is 0 Å². The fourth-order valence-corrected chi connectivity index (χ4v) is 1.54. The summed E-state index contributed by atoms with van der Waals surface area (Å²) in [5, 5.41) is 3.32. The van der Waals surface area contributed by atoms with Crippen LogP contribution in [0.25, 0.3) is 0 Å². The van der Waals surface area contributed by atoms with Crippen molar-refractivity contribution in [3.63, 3.8) is 0 Å². The molecule has 1 amide bonds. The molecule has 0 aliphatic heterocycles. The van der Waals surface area contributed by atoms with E-state index in [-0.39, 0.29) is 5.91 Å². The average Bonchev–Trinajstić information content (AvgIpc) is 2.25. The van der Waals surface area contributed by atoms with Crippen molar-refractivity contribution in [2.45, 2.75) is 17.1 Å². The molecule has 1 aromatic rings. The largest absolute Gasteiger partial charge is 0.351 e.